The average Bonchev–Trinajstić information content (AvgIpc) is 3.50. The average molecular weight is 609 g/mol. The fraction of sp³-hybridized carbons (Fsp3) is 0.516. The third-order valence-corrected chi connectivity index (χ3v) is 10.5. The molecule has 0 amide bonds. The molecular formula is C31H35F3N8S. The lowest BCUT2D eigenvalue weighted by Gasteiger charge is -2.56. The van der Waals surface area contributed by atoms with Crippen molar-refractivity contribution in [3.05, 3.63) is 52.3 Å². The molecule has 0 radical (unpaired) electrons. The van der Waals surface area contributed by atoms with Crippen molar-refractivity contribution in [2.75, 3.05) is 51.1 Å². The number of likely N-dealkylation sites (tertiary alicyclic amines) is 2. The van der Waals surface area contributed by atoms with Gasteiger partial charge in [0.25, 0.3) is 0 Å². The van der Waals surface area contributed by atoms with Crippen molar-refractivity contribution >= 4 is 38.3 Å². The topological polar surface area (TPSA) is 85.0 Å². The maximum atomic E-state index is 12.9. The number of halogens is 3. The van der Waals surface area contributed by atoms with Gasteiger partial charge in [-0.1, -0.05) is 6.07 Å². The van der Waals surface area contributed by atoms with Crippen molar-refractivity contribution in [3.63, 3.8) is 0 Å². The van der Waals surface area contributed by atoms with Gasteiger partial charge >= 0.3 is 6.18 Å². The monoisotopic (exact) mass is 608 g/mol. The Morgan fingerprint density at radius 3 is 2.58 bits per heavy atom. The lowest BCUT2D eigenvalue weighted by molar-refractivity contribution is -0.126. The molecule has 3 fully saturated rings. The van der Waals surface area contributed by atoms with E-state index < -0.39 is 12.6 Å². The van der Waals surface area contributed by atoms with E-state index >= 15 is 0 Å². The molecule has 0 atom stereocenters. The fourth-order valence-electron chi connectivity index (χ4n) is 7.01. The zero-order chi connectivity index (χ0) is 29.8. The largest absolute Gasteiger partial charge is 0.393 e. The van der Waals surface area contributed by atoms with E-state index in [0.717, 1.165) is 99.7 Å². The number of nitriles is 1. The number of aryl methyl sites for hydroxylation is 1. The van der Waals surface area contributed by atoms with E-state index in [2.05, 4.69) is 60.1 Å². The molecule has 8 nitrogen and oxygen atoms in total. The smallest absolute Gasteiger partial charge is 0.367 e. The van der Waals surface area contributed by atoms with E-state index in [1.807, 2.05) is 6.07 Å². The Morgan fingerprint density at radius 2 is 1.88 bits per heavy atom. The van der Waals surface area contributed by atoms with Crippen LogP contribution >= 0.6 is 11.3 Å². The van der Waals surface area contributed by atoms with E-state index in [0.29, 0.717) is 21.4 Å². The van der Waals surface area contributed by atoms with E-state index in [4.69, 9.17) is 0 Å². The van der Waals surface area contributed by atoms with E-state index in [1.54, 1.807) is 6.07 Å². The van der Waals surface area contributed by atoms with E-state index in [9.17, 15) is 18.4 Å². The molecule has 2 N–H and O–H groups in total. The van der Waals surface area contributed by atoms with E-state index in [1.165, 1.54) is 17.5 Å². The number of piperidine rings is 1. The number of fused-ring (bicyclic) bond motifs is 2. The Balaban J connectivity index is 0.975. The van der Waals surface area contributed by atoms with Crippen LogP contribution < -0.4 is 10.6 Å². The molecule has 43 heavy (non-hydrogen) atoms. The van der Waals surface area contributed by atoms with Crippen LogP contribution in [0.4, 0.5) is 19.0 Å². The highest BCUT2D eigenvalue weighted by Crippen LogP contribution is 2.35. The molecule has 1 aromatic carbocycles. The molecule has 3 aliphatic heterocycles. The normalized spacial score (nSPS) is 19.5. The zero-order valence-electron chi connectivity index (χ0n) is 24.2. The first-order valence-corrected chi connectivity index (χ1v) is 15.7. The van der Waals surface area contributed by atoms with Gasteiger partial charge < -0.3 is 20.1 Å². The third kappa shape index (κ3) is 5.71. The molecule has 7 rings (SSSR count). The number of thiophene rings is 1. The van der Waals surface area contributed by atoms with Crippen molar-refractivity contribution in [1.29, 1.82) is 5.26 Å². The number of alkyl halides is 3. The Bertz CT molecular complexity index is 1680. The molecule has 12 heteroatoms. The molecule has 0 aliphatic carbocycles. The Kier molecular flexibility index (Phi) is 7.32. The van der Waals surface area contributed by atoms with Gasteiger partial charge in [-0.2, -0.15) is 18.4 Å². The van der Waals surface area contributed by atoms with Gasteiger partial charge in [-0.05, 0) is 49.1 Å². The number of rotatable bonds is 8. The van der Waals surface area contributed by atoms with Gasteiger partial charge in [-0.25, -0.2) is 9.97 Å². The van der Waals surface area contributed by atoms with Gasteiger partial charge in [0.15, 0.2) is 0 Å². The molecule has 4 aromatic rings. The Hall–Kier alpha value is -3.24. The van der Waals surface area contributed by atoms with Crippen LogP contribution in [0.5, 0.6) is 0 Å². The minimum Gasteiger partial charge on any atom is -0.367 e. The van der Waals surface area contributed by atoms with Crippen LogP contribution in [0.25, 0.3) is 21.1 Å². The zero-order valence-corrected chi connectivity index (χ0v) is 25.0. The summed E-state index contributed by atoms with van der Waals surface area (Å²) in [5, 5.41) is 18.6. The van der Waals surface area contributed by atoms with Crippen LogP contribution in [0.3, 0.4) is 0 Å². The number of hydrogen-bond acceptors (Lipinski definition) is 8. The van der Waals surface area contributed by atoms with Gasteiger partial charge in [-0.15, -0.1) is 11.3 Å². The summed E-state index contributed by atoms with van der Waals surface area (Å²) in [5.41, 5.74) is 4.85. The van der Waals surface area contributed by atoms with Gasteiger partial charge in [0.1, 0.15) is 28.7 Å². The van der Waals surface area contributed by atoms with Crippen molar-refractivity contribution in [1.82, 2.24) is 29.7 Å². The highest BCUT2D eigenvalue weighted by molar-refractivity contribution is 7.18. The van der Waals surface area contributed by atoms with Crippen molar-refractivity contribution in [2.45, 2.75) is 51.5 Å². The minimum absolute atomic E-state index is 0.193. The summed E-state index contributed by atoms with van der Waals surface area (Å²) in [6.07, 6.45) is -1.95. The fourth-order valence-corrected chi connectivity index (χ4v) is 8.03. The maximum Gasteiger partial charge on any atom is 0.393 e. The second-order valence-corrected chi connectivity index (χ2v) is 13.6. The third-order valence-electron chi connectivity index (χ3n) is 9.42. The Morgan fingerprint density at radius 1 is 1.09 bits per heavy atom. The predicted molar refractivity (Wildman–Crippen MR) is 162 cm³/mol. The van der Waals surface area contributed by atoms with Crippen LogP contribution in [0.2, 0.25) is 0 Å². The number of anilines is 1. The summed E-state index contributed by atoms with van der Waals surface area (Å²) >= 11 is 1.08. The lowest BCUT2D eigenvalue weighted by atomic mass is 9.74. The summed E-state index contributed by atoms with van der Waals surface area (Å²) in [6, 6.07) is 10.6. The van der Waals surface area contributed by atoms with Crippen LogP contribution in [-0.2, 0) is 19.5 Å². The summed E-state index contributed by atoms with van der Waals surface area (Å²) in [4.78, 5) is 14.3. The molecule has 3 aliphatic rings. The highest BCUT2D eigenvalue weighted by Gasteiger charge is 2.47. The predicted octanol–water partition coefficient (Wildman–Crippen LogP) is 4.91. The van der Waals surface area contributed by atoms with Crippen molar-refractivity contribution in [3.8, 4) is 6.07 Å². The van der Waals surface area contributed by atoms with Crippen molar-refractivity contribution < 1.29 is 13.2 Å². The van der Waals surface area contributed by atoms with E-state index in [-0.39, 0.29) is 10.9 Å². The summed E-state index contributed by atoms with van der Waals surface area (Å²) in [5.74, 6) is 0.612. The first-order chi connectivity index (χ1) is 20.7. The molecule has 0 saturated carbocycles. The molecule has 0 unspecified atom stereocenters. The highest BCUT2D eigenvalue weighted by atomic mass is 32.1. The SMILES string of the molecule is Cc1c(CN2CCC(Nc3ncnc4sc(CC(F)(F)F)cc34)CC2)ccc2c1cc(C#N)n2CCN1CC2(CNC2)C1. The Labute approximate surface area is 252 Å². The summed E-state index contributed by atoms with van der Waals surface area (Å²) in [6.45, 7) is 11.2. The molecule has 226 valence electrons. The van der Waals surface area contributed by atoms with Crippen LogP contribution in [0.15, 0.2) is 30.6 Å². The van der Waals surface area contributed by atoms with Crippen LogP contribution in [-0.4, -0.2) is 82.4 Å². The number of nitrogens with one attached hydrogen (secondary N) is 2. The van der Waals surface area contributed by atoms with Gasteiger partial charge in [-0.3, -0.25) is 4.90 Å². The number of nitrogens with zero attached hydrogens (tertiary/aromatic N) is 6. The minimum atomic E-state index is -4.25. The maximum absolute atomic E-state index is 12.9. The number of aromatic nitrogens is 3. The van der Waals surface area contributed by atoms with Crippen LogP contribution in [0.1, 0.15) is 34.5 Å². The first kappa shape index (κ1) is 28.5. The van der Waals surface area contributed by atoms with Crippen molar-refractivity contribution in [2.24, 2.45) is 5.41 Å². The molecule has 1 spiro atoms. The van der Waals surface area contributed by atoms with Gasteiger partial charge in [0.2, 0.25) is 0 Å². The second kappa shape index (κ2) is 11.0. The number of benzene rings is 1. The first-order valence-electron chi connectivity index (χ1n) is 14.9. The molecule has 3 saturated heterocycles. The molecule has 6 heterocycles. The molecule has 3 aromatic heterocycles. The molecular weight excluding hydrogens is 573 g/mol. The summed E-state index contributed by atoms with van der Waals surface area (Å²) in [7, 11) is 0. The second-order valence-electron chi connectivity index (χ2n) is 12.5. The van der Waals surface area contributed by atoms with Gasteiger partial charge in [0.05, 0.1) is 11.8 Å². The standard InChI is InChI=1S/C31H35F3N8S/c1-20-21(2-3-27-25(20)10-23(13-35)42(27)9-8-41-17-30(18-41)15-36-16-30)14-40-6-4-22(5-7-40)39-28-26-11-24(12-31(32,33)34)43-29(26)38-19-37-28/h2-3,10-11,19,22,36H,4-9,12,14-18H2,1H3,(H,37,38,39). The summed E-state index contributed by atoms with van der Waals surface area (Å²) < 4.78 is 40.9. The lowest BCUT2D eigenvalue weighted by Crippen LogP contribution is -2.71. The van der Waals surface area contributed by atoms with Gasteiger partial charge in [0, 0.05) is 86.1 Å². The quantitative estimate of drug-likeness (QED) is 0.294. The number of hydrogen-bond donors (Lipinski definition) is 2. The van der Waals surface area contributed by atoms with Crippen LogP contribution in [0, 0.1) is 23.7 Å². The molecule has 0 bridgehead atoms.